The molecule has 0 aliphatic heterocycles. The molecule has 1 amide bonds. The van der Waals surface area contributed by atoms with E-state index in [0.717, 1.165) is 12.0 Å². The average molecular weight is 385 g/mol. The molecule has 7 heteroatoms. The van der Waals surface area contributed by atoms with Crippen molar-refractivity contribution in [2.75, 3.05) is 18.9 Å². The van der Waals surface area contributed by atoms with Gasteiger partial charge in [0.1, 0.15) is 11.6 Å². The number of nitrogens with one attached hydrogen (secondary N) is 1. The zero-order valence-corrected chi connectivity index (χ0v) is 15.4. The summed E-state index contributed by atoms with van der Waals surface area (Å²) in [6.07, 6.45) is 5.77. The molecule has 1 N–H and O–H groups in total. The Kier molecular flexibility index (Phi) is 5.98. The summed E-state index contributed by atoms with van der Waals surface area (Å²) >= 11 is 5.79. The first kappa shape index (κ1) is 18.8. The number of pyridine rings is 2. The topological polar surface area (TPSA) is 58.1 Å². The molecule has 0 saturated carbocycles. The van der Waals surface area contributed by atoms with Crippen LogP contribution in [0, 0.1) is 5.82 Å². The number of anilines is 2. The Hall–Kier alpha value is -2.99. The standard InChI is InChI=1S/C20H18ClFN4O/c1-26(11-7-14-4-8-23-9-5-14)20(27)15-6-10-24-19(12-15)25-16-2-3-18(22)17(21)13-16/h2-6,8-10,12-13H,7,11H2,1H3,(H,24,25). The minimum absolute atomic E-state index is 0.0167. The number of carbonyl (C=O) groups excluding carboxylic acids is 1. The van der Waals surface area contributed by atoms with Crippen molar-refractivity contribution in [1.29, 1.82) is 0 Å². The van der Waals surface area contributed by atoms with Crippen LogP contribution in [0.25, 0.3) is 0 Å². The Labute approximate surface area is 161 Å². The molecule has 0 radical (unpaired) electrons. The predicted molar refractivity (Wildman–Crippen MR) is 104 cm³/mol. The van der Waals surface area contributed by atoms with E-state index in [1.54, 1.807) is 48.7 Å². The first-order chi connectivity index (χ1) is 13.0. The second kappa shape index (κ2) is 8.60. The monoisotopic (exact) mass is 384 g/mol. The Balaban J connectivity index is 1.66. The Bertz CT molecular complexity index is 936. The molecular weight excluding hydrogens is 367 g/mol. The van der Waals surface area contributed by atoms with Crippen LogP contribution >= 0.6 is 11.6 Å². The Morgan fingerprint density at radius 2 is 1.93 bits per heavy atom. The molecule has 0 spiro atoms. The van der Waals surface area contributed by atoms with Gasteiger partial charge in [-0.3, -0.25) is 9.78 Å². The van der Waals surface area contributed by atoms with Crippen molar-refractivity contribution in [3.63, 3.8) is 0 Å². The quantitative estimate of drug-likeness (QED) is 0.687. The number of benzene rings is 1. The number of hydrogen-bond acceptors (Lipinski definition) is 4. The summed E-state index contributed by atoms with van der Waals surface area (Å²) in [4.78, 5) is 22.5. The fraction of sp³-hybridized carbons (Fsp3) is 0.150. The highest BCUT2D eigenvalue weighted by molar-refractivity contribution is 6.31. The number of amides is 1. The molecule has 2 aromatic heterocycles. The molecule has 0 atom stereocenters. The molecule has 27 heavy (non-hydrogen) atoms. The van der Waals surface area contributed by atoms with Gasteiger partial charge in [0, 0.05) is 43.4 Å². The lowest BCUT2D eigenvalue weighted by Gasteiger charge is -2.17. The third-order valence-corrected chi connectivity index (χ3v) is 4.32. The van der Waals surface area contributed by atoms with Crippen LogP contribution in [0.5, 0.6) is 0 Å². The fourth-order valence-electron chi connectivity index (χ4n) is 2.52. The third-order valence-electron chi connectivity index (χ3n) is 4.03. The average Bonchev–Trinajstić information content (AvgIpc) is 2.69. The van der Waals surface area contributed by atoms with Crippen LogP contribution in [0.1, 0.15) is 15.9 Å². The van der Waals surface area contributed by atoms with Crippen molar-refractivity contribution >= 4 is 29.0 Å². The molecule has 0 bridgehead atoms. The van der Waals surface area contributed by atoms with Crippen LogP contribution in [-0.2, 0) is 6.42 Å². The number of carbonyl (C=O) groups is 1. The minimum Gasteiger partial charge on any atom is -0.341 e. The van der Waals surface area contributed by atoms with Crippen LogP contribution in [0.4, 0.5) is 15.9 Å². The molecule has 3 aromatic rings. The predicted octanol–water partition coefficient (Wildman–Crippen LogP) is 4.33. The number of aromatic nitrogens is 2. The van der Waals surface area contributed by atoms with Gasteiger partial charge in [-0.15, -0.1) is 0 Å². The molecule has 138 valence electrons. The number of nitrogens with zero attached hydrogens (tertiary/aromatic N) is 3. The van der Waals surface area contributed by atoms with Gasteiger partial charge < -0.3 is 10.2 Å². The van der Waals surface area contributed by atoms with Crippen molar-refractivity contribution in [3.05, 3.63) is 83.0 Å². The lowest BCUT2D eigenvalue weighted by molar-refractivity contribution is 0.0796. The van der Waals surface area contributed by atoms with E-state index in [2.05, 4.69) is 15.3 Å². The molecule has 0 aliphatic carbocycles. The highest BCUT2D eigenvalue weighted by Crippen LogP contribution is 2.22. The second-order valence-corrected chi connectivity index (χ2v) is 6.42. The number of rotatable bonds is 6. The minimum atomic E-state index is -0.491. The van der Waals surface area contributed by atoms with Crippen molar-refractivity contribution in [2.45, 2.75) is 6.42 Å². The summed E-state index contributed by atoms with van der Waals surface area (Å²) in [6, 6.07) is 11.5. The Morgan fingerprint density at radius 1 is 1.15 bits per heavy atom. The Morgan fingerprint density at radius 3 is 2.67 bits per heavy atom. The summed E-state index contributed by atoms with van der Waals surface area (Å²) in [6.45, 7) is 0.585. The van der Waals surface area contributed by atoms with E-state index in [1.807, 2.05) is 12.1 Å². The summed E-state index contributed by atoms with van der Waals surface area (Å²) in [5.41, 5.74) is 2.22. The van der Waals surface area contributed by atoms with Gasteiger partial charge >= 0.3 is 0 Å². The van der Waals surface area contributed by atoms with Gasteiger partial charge in [0.15, 0.2) is 0 Å². The highest BCUT2D eigenvalue weighted by Gasteiger charge is 2.13. The molecule has 5 nitrogen and oxygen atoms in total. The van der Waals surface area contributed by atoms with Crippen molar-refractivity contribution in [1.82, 2.24) is 14.9 Å². The summed E-state index contributed by atoms with van der Waals surface area (Å²) < 4.78 is 13.3. The van der Waals surface area contributed by atoms with Gasteiger partial charge in [-0.1, -0.05) is 11.6 Å². The fourth-order valence-corrected chi connectivity index (χ4v) is 2.70. The molecule has 2 heterocycles. The second-order valence-electron chi connectivity index (χ2n) is 6.02. The maximum Gasteiger partial charge on any atom is 0.253 e. The lowest BCUT2D eigenvalue weighted by atomic mass is 10.2. The normalized spacial score (nSPS) is 10.5. The van der Waals surface area contributed by atoms with E-state index < -0.39 is 5.82 Å². The molecule has 0 unspecified atom stereocenters. The maximum absolute atomic E-state index is 13.3. The number of hydrogen-bond donors (Lipinski definition) is 1. The van der Waals surface area contributed by atoms with E-state index in [9.17, 15) is 9.18 Å². The van der Waals surface area contributed by atoms with Crippen molar-refractivity contribution < 1.29 is 9.18 Å². The summed E-state index contributed by atoms with van der Waals surface area (Å²) in [5, 5.41) is 3.04. The summed E-state index contributed by atoms with van der Waals surface area (Å²) in [7, 11) is 1.76. The van der Waals surface area contributed by atoms with Gasteiger partial charge in [0.25, 0.3) is 5.91 Å². The number of halogens is 2. The van der Waals surface area contributed by atoms with Crippen LogP contribution < -0.4 is 5.32 Å². The van der Waals surface area contributed by atoms with Gasteiger partial charge in [-0.2, -0.15) is 0 Å². The molecular formula is C20H18ClFN4O. The van der Waals surface area contributed by atoms with Gasteiger partial charge in [0.05, 0.1) is 5.02 Å². The highest BCUT2D eigenvalue weighted by atomic mass is 35.5. The van der Waals surface area contributed by atoms with Crippen LogP contribution in [0.3, 0.4) is 0 Å². The lowest BCUT2D eigenvalue weighted by Crippen LogP contribution is -2.28. The van der Waals surface area contributed by atoms with Crippen LogP contribution in [0.15, 0.2) is 61.1 Å². The van der Waals surface area contributed by atoms with Gasteiger partial charge in [0.2, 0.25) is 0 Å². The van der Waals surface area contributed by atoms with E-state index in [0.29, 0.717) is 23.6 Å². The zero-order valence-electron chi connectivity index (χ0n) is 14.7. The molecule has 1 aromatic carbocycles. The molecule has 0 saturated heterocycles. The smallest absolute Gasteiger partial charge is 0.253 e. The van der Waals surface area contributed by atoms with Gasteiger partial charge in [-0.25, -0.2) is 9.37 Å². The van der Waals surface area contributed by atoms with Crippen LogP contribution in [0.2, 0.25) is 5.02 Å². The third kappa shape index (κ3) is 5.01. The van der Waals surface area contributed by atoms with E-state index in [4.69, 9.17) is 11.6 Å². The van der Waals surface area contributed by atoms with E-state index in [1.165, 1.54) is 12.1 Å². The molecule has 0 aliphatic rings. The largest absolute Gasteiger partial charge is 0.341 e. The van der Waals surface area contributed by atoms with E-state index in [-0.39, 0.29) is 10.9 Å². The summed E-state index contributed by atoms with van der Waals surface area (Å²) in [5.74, 6) is -0.118. The van der Waals surface area contributed by atoms with Crippen molar-refractivity contribution in [2.24, 2.45) is 0 Å². The van der Waals surface area contributed by atoms with E-state index >= 15 is 0 Å². The SMILES string of the molecule is CN(CCc1ccncc1)C(=O)c1ccnc(Nc2ccc(F)c(Cl)c2)c1. The number of likely N-dealkylation sites (N-methyl/N-ethyl adjacent to an activating group) is 1. The van der Waals surface area contributed by atoms with Crippen LogP contribution in [-0.4, -0.2) is 34.4 Å². The van der Waals surface area contributed by atoms with Gasteiger partial charge in [-0.05, 0) is 54.4 Å². The first-order valence-electron chi connectivity index (χ1n) is 8.35. The zero-order chi connectivity index (χ0) is 19.2. The maximum atomic E-state index is 13.3. The van der Waals surface area contributed by atoms with Crippen molar-refractivity contribution in [3.8, 4) is 0 Å². The molecule has 3 rings (SSSR count). The molecule has 0 fully saturated rings. The first-order valence-corrected chi connectivity index (χ1v) is 8.73.